The number of sulfonamides is 1. The van der Waals surface area contributed by atoms with E-state index in [0.29, 0.717) is 23.6 Å². The Labute approximate surface area is 252 Å². The van der Waals surface area contributed by atoms with Gasteiger partial charge in [-0.3, -0.25) is 13.9 Å². The van der Waals surface area contributed by atoms with E-state index >= 15 is 0 Å². The summed E-state index contributed by atoms with van der Waals surface area (Å²) in [5.41, 5.74) is 0.764. The maximum Gasteiger partial charge on any atom is 0.264 e. The van der Waals surface area contributed by atoms with Crippen molar-refractivity contribution in [2.24, 2.45) is 5.92 Å². The van der Waals surface area contributed by atoms with Crippen molar-refractivity contribution in [3.63, 3.8) is 0 Å². The Hall–Kier alpha value is -4.32. The Balaban J connectivity index is 2.04. The molecule has 0 radical (unpaired) electrons. The zero-order valence-electron chi connectivity index (χ0n) is 25.2. The van der Waals surface area contributed by atoms with Gasteiger partial charge in [0.2, 0.25) is 11.8 Å². The number of carbonyl (C=O) groups excluding carboxylic acids is 2. The Morgan fingerprint density at radius 3 is 2.05 bits per heavy atom. The molecule has 0 fully saturated rings. The van der Waals surface area contributed by atoms with Crippen LogP contribution in [0.3, 0.4) is 0 Å². The van der Waals surface area contributed by atoms with Gasteiger partial charge in [0, 0.05) is 19.2 Å². The summed E-state index contributed by atoms with van der Waals surface area (Å²) in [4.78, 5) is 28.2. The van der Waals surface area contributed by atoms with Gasteiger partial charge in [-0.15, -0.1) is 0 Å². The predicted octanol–water partition coefficient (Wildman–Crippen LogP) is 4.24. The predicted molar refractivity (Wildman–Crippen MR) is 161 cm³/mol. The van der Waals surface area contributed by atoms with Crippen LogP contribution in [0.4, 0.5) is 10.1 Å². The maximum absolute atomic E-state index is 14.0. The molecule has 2 amide bonds. The third-order valence-electron chi connectivity index (χ3n) is 6.70. The lowest BCUT2D eigenvalue weighted by Crippen LogP contribution is -2.51. The summed E-state index contributed by atoms with van der Waals surface area (Å²) < 4.78 is 58.5. The van der Waals surface area contributed by atoms with Crippen molar-refractivity contribution in [2.75, 3.05) is 38.7 Å². The van der Waals surface area contributed by atoms with Gasteiger partial charge in [-0.25, -0.2) is 12.8 Å². The lowest BCUT2D eigenvalue weighted by molar-refractivity contribution is -0.139. The van der Waals surface area contributed by atoms with E-state index in [2.05, 4.69) is 5.32 Å². The quantitative estimate of drug-likeness (QED) is 0.289. The first-order valence-corrected chi connectivity index (χ1v) is 15.1. The van der Waals surface area contributed by atoms with Gasteiger partial charge in [0.25, 0.3) is 10.0 Å². The van der Waals surface area contributed by atoms with Gasteiger partial charge in [0.05, 0.1) is 31.9 Å². The second-order valence-corrected chi connectivity index (χ2v) is 12.1. The van der Waals surface area contributed by atoms with E-state index in [-0.39, 0.29) is 34.7 Å². The zero-order valence-corrected chi connectivity index (χ0v) is 26.0. The fourth-order valence-corrected chi connectivity index (χ4v) is 5.63. The average Bonchev–Trinajstić information content (AvgIpc) is 3.01. The molecule has 0 aliphatic rings. The van der Waals surface area contributed by atoms with Crippen LogP contribution in [0.1, 0.15) is 26.3 Å². The number of carbonyl (C=O) groups is 2. The summed E-state index contributed by atoms with van der Waals surface area (Å²) >= 11 is 0. The molecule has 0 saturated carbocycles. The number of hydrogen-bond donors (Lipinski definition) is 1. The molecule has 1 N–H and O–H groups in total. The lowest BCUT2D eigenvalue weighted by Gasteiger charge is -2.32. The van der Waals surface area contributed by atoms with Crippen LogP contribution in [0, 0.1) is 11.7 Å². The fraction of sp³-hybridized carbons (Fsp3) is 0.355. The molecule has 0 aliphatic heterocycles. The monoisotopic (exact) mass is 615 g/mol. The van der Waals surface area contributed by atoms with E-state index in [4.69, 9.17) is 14.2 Å². The molecule has 0 heterocycles. The summed E-state index contributed by atoms with van der Waals surface area (Å²) in [6.07, 6.45) is 0. The molecular formula is C31H38FN3O7S. The summed E-state index contributed by atoms with van der Waals surface area (Å²) in [7, 11) is -0.0598. The van der Waals surface area contributed by atoms with Crippen LogP contribution in [0.5, 0.6) is 17.2 Å². The molecule has 232 valence electrons. The number of benzene rings is 3. The Bertz CT molecular complexity index is 1500. The smallest absolute Gasteiger partial charge is 0.264 e. The van der Waals surface area contributed by atoms with Crippen LogP contribution in [0.25, 0.3) is 0 Å². The number of hydrogen-bond acceptors (Lipinski definition) is 7. The number of nitrogens with one attached hydrogen (secondary N) is 1. The molecule has 3 rings (SSSR count). The summed E-state index contributed by atoms with van der Waals surface area (Å²) in [6.45, 7) is 5.24. The SMILES string of the molecule is COc1ccc(CN(C(=O)CN(c2ccc(F)cc2)S(=O)(=O)c2ccc(OC)c(OC)c2)[C@H](C)C(=O)NCC(C)C)cc1. The average molecular weight is 616 g/mol. The number of anilines is 1. The number of nitrogens with zero attached hydrogens (tertiary/aromatic N) is 2. The second-order valence-electron chi connectivity index (χ2n) is 10.2. The molecule has 3 aromatic rings. The van der Waals surface area contributed by atoms with E-state index < -0.39 is 34.3 Å². The highest BCUT2D eigenvalue weighted by atomic mass is 32.2. The second kappa shape index (κ2) is 14.7. The Kier molecular flexibility index (Phi) is 11.4. The van der Waals surface area contributed by atoms with Crippen molar-refractivity contribution in [3.8, 4) is 17.2 Å². The molecule has 1 atom stereocenters. The van der Waals surface area contributed by atoms with Crippen molar-refractivity contribution < 1.29 is 36.6 Å². The molecule has 43 heavy (non-hydrogen) atoms. The van der Waals surface area contributed by atoms with E-state index in [1.54, 1.807) is 31.2 Å². The molecule has 0 saturated heterocycles. The highest BCUT2D eigenvalue weighted by Gasteiger charge is 2.33. The number of halogens is 1. The Morgan fingerprint density at radius 1 is 0.860 bits per heavy atom. The molecule has 0 unspecified atom stereocenters. The largest absolute Gasteiger partial charge is 0.497 e. The molecule has 0 aromatic heterocycles. The number of methoxy groups -OCH3 is 3. The van der Waals surface area contributed by atoms with Crippen molar-refractivity contribution >= 4 is 27.5 Å². The van der Waals surface area contributed by atoms with Crippen LogP contribution >= 0.6 is 0 Å². The minimum atomic E-state index is -4.39. The van der Waals surface area contributed by atoms with Crippen LogP contribution in [0.2, 0.25) is 0 Å². The third-order valence-corrected chi connectivity index (χ3v) is 8.47. The molecule has 12 heteroatoms. The standard InChI is InChI=1S/C31H38FN3O7S/c1-21(2)18-33-31(37)22(3)34(19-23-7-13-26(40-4)14-8-23)30(36)20-35(25-11-9-24(32)10-12-25)43(38,39)27-15-16-28(41-5)29(17-27)42-6/h7-17,21-22H,18-20H2,1-6H3,(H,33,37)/t22-/m1/s1. The van der Waals surface area contributed by atoms with Crippen LogP contribution in [-0.2, 0) is 26.2 Å². The van der Waals surface area contributed by atoms with Crippen molar-refractivity contribution in [3.05, 3.63) is 78.1 Å². The summed E-state index contributed by atoms with van der Waals surface area (Å²) in [6, 6.07) is 14.8. The van der Waals surface area contributed by atoms with Gasteiger partial charge in [-0.05, 0) is 66.9 Å². The molecule has 0 aliphatic carbocycles. The molecule has 0 bridgehead atoms. The van der Waals surface area contributed by atoms with Gasteiger partial charge in [-0.2, -0.15) is 0 Å². The van der Waals surface area contributed by atoms with Gasteiger partial charge in [0.15, 0.2) is 11.5 Å². The van der Waals surface area contributed by atoms with E-state index in [1.165, 1.54) is 56.6 Å². The molecule has 0 spiro atoms. The van der Waals surface area contributed by atoms with E-state index in [0.717, 1.165) is 16.4 Å². The summed E-state index contributed by atoms with van der Waals surface area (Å²) in [5.74, 6) is -0.309. The first-order valence-electron chi connectivity index (χ1n) is 13.6. The highest BCUT2D eigenvalue weighted by molar-refractivity contribution is 7.92. The summed E-state index contributed by atoms with van der Waals surface area (Å²) in [5, 5.41) is 2.84. The first kappa shape index (κ1) is 33.2. The minimum Gasteiger partial charge on any atom is -0.497 e. The minimum absolute atomic E-state index is 0.0206. The topological polar surface area (TPSA) is 114 Å². The van der Waals surface area contributed by atoms with Gasteiger partial charge in [0.1, 0.15) is 24.2 Å². The molecular weight excluding hydrogens is 577 g/mol. The maximum atomic E-state index is 14.0. The van der Waals surface area contributed by atoms with Crippen molar-refractivity contribution in [1.29, 1.82) is 0 Å². The van der Waals surface area contributed by atoms with Crippen molar-refractivity contribution in [2.45, 2.75) is 38.3 Å². The molecule has 3 aromatic carbocycles. The lowest BCUT2D eigenvalue weighted by atomic mass is 10.1. The van der Waals surface area contributed by atoms with E-state index in [9.17, 15) is 22.4 Å². The third kappa shape index (κ3) is 8.38. The highest BCUT2D eigenvalue weighted by Crippen LogP contribution is 2.32. The first-order chi connectivity index (χ1) is 20.4. The number of rotatable bonds is 14. The Morgan fingerprint density at radius 2 is 1.49 bits per heavy atom. The van der Waals surface area contributed by atoms with Crippen LogP contribution in [-0.4, -0.2) is 65.6 Å². The van der Waals surface area contributed by atoms with Crippen molar-refractivity contribution in [1.82, 2.24) is 10.2 Å². The van der Waals surface area contributed by atoms with Gasteiger partial charge >= 0.3 is 0 Å². The number of amides is 2. The molecule has 10 nitrogen and oxygen atoms in total. The van der Waals surface area contributed by atoms with Gasteiger partial charge < -0.3 is 24.4 Å². The normalized spacial score (nSPS) is 11.9. The van der Waals surface area contributed by atoms with E-state index in [1.807, 2.05) is 13.8 Å². The van der Waals surface area contributed by atoms with Crippen LogP contribution < -0.4 is 23.8 Å². The fourth-order valence-electron chi connectivity index (χ4n) is 4.20. The number of ether oxygens (including phenoxy) is 3. The zero-order chi connectivity index (χ0) is 31.7. The van der Waals surface area contributed by atoms with Crippen LogP contribution in [0.15, 0.2) is 71.6 Å². The van der Waals surface area contributed by atoms with Gasteiger partial charge in [-0.1, -0.05) is 26.0 Å².